The molecule has 1 unspecified atom stereocenters. The van der Waals surface area contributed by atoms with E-state index in [0.717, 1.165) is 30.2 Å². The Kier molecular flexibility index (Phi) is 6.61. The van der Waals surface area contributed by atoms with Crippen LogP contribution in [0.1, 0.15) is 35.4 Å². The Morgan fingerprint density at radius 3 is 2.56 bits per heavy atom. The zero-order chi connectivity index (χ0) is 18.6. The number of furan rings is 1. The molecular weight excluding hydrogens is 346 g/mol. The molecule has 1 atom stereocenters. The lowest BCUT2D eigenvalue weighted by Gasteiger charge is -2.30. The topological polar surface area (TPSA) is 103 Å². The lowest BCUT2D eigenvalue weighted by molar-refractivity contribution is 0.0885. The summed E-state index contributed by atoms with van der Waals surface area (Å²) in [5.41, 5.74) is 0.164. The Bertz CT molecular complexity index is 693. The number of aliphatic hydroxyl groups is 1. The minimum absolute atomic E-state index is 0.164. The van der Waals surface area contributed by atoms with Crippen molar-refractivity contribution >= 4 is 15.9 Å². The highest BCUT2D eigenvalue weighted by atomic mass is 32.2. The maximum absolute atomic E-state index is 12.5. The molecule has 1 amide bonds. The van der Waals surface area contributed by atoms with E-state index in [-0.39, 0.29) is 23.0 Å². The summed E-state index contributed by atoms with van der Waals surface area (Å²) in [7, 11) is -0.947. The molecule has 1 aromatic heterocycles. The van der Waals surface area contributed by atoms with E-state index >= 15 is 0 Å². The molecule has 2 heterocycles. The molecule has 0 bridgehead atoms. The zero-order valence-corrected chi connectivity index (χ0v) is 15.8. The maximum atomic E-state index is 12.5. The first kappa shape index (κ1) is 19.9. The number of aryl methyl sites for hydroxylation is 1. The third-order valence-corrected chi connectivity index (χ3v) is 6.03. The molecule has 0 aliphatic carbocycles. The van der Waals surface area contributed by atoms with Crippen molar-refractivity contribution in [3.63, 3.8) is 0 Å². The van der Waals surface area contributed by atoms with Crippen molar-refractivity contribution in [1.82, 2.24) is 14.5 Å². The second-order valence-corrected chi connectivity index (χ2v) is 8.62. The number of hydrogen-bond donors (Lipinski definition) is 2. The molecule has 0 aromatic carbocycles. The van der Waals surface area contributed by atoms with Crippen molar-refractivity contribution in [3.8, 4) is 0 Å². The number of piperidine rings is 1. The van der Waals surface area contributed by atoms with Crippen molar-refractivity contribution in [2.45, 2.75) is 37.3 Å². The van der Waals surface area contributed by atoms with Gasteiger partial charge in [-0.05, 0) is 32.9 Å². The molecule has 8 nitrogen and oxygen atoms in total. The van der Waals surface area contributed by atoms with Gasteiger partial charge in [0, 0.05) is 26.7 Å². The Hall–Kier alpha value is -1.42. The maximum Gasteiger partial charge on any atom is 0.275 e. The van der Waals surface area contributed by atoms with E-state index in [2.05, 4.69) is 10.2 Å². The Balaban J connectivity index is 2.07. The molecule has 0 radical (unpaired) electrons. The highest BCUT2D eigenvalue weighted by Gasteiger charge is 2.27. The quantitative estimate of drug-likeness (QED) is 0.718. The standard InChI is InChI=1S/C16H27N3O5S/c1-12-14(9-15(24-12)25(22,23)18(2)3)16(21)17-13(11-20)10-19-7-5-4-6-8-19/h9,13,20H,4-8,10-11H2,1-3H3,(H,17,21). The third kappa shape index (κ3) is 4.81. The van der Waals surface area contributed by atoms with Crippen LogP contribution >= 0.6 is 0 Å². The van der Waals surface area contributed by atoms with E-state index in [1.807, 2.05) is 0 Å². The van der Waals surface area contributed by atoms with Crippen LogP contribution in [0.15, 0.2) is 15.6 Å². The van der Waals surface area contributed by atoms with E-state index in [1.54, 1.807) is 6.92 Å². The van der Waals surface area contributed by atoms with Gasteiger partial charge in [0.2, 0.25) is 5.09 Å². The van der Waals surface area contributed by atoms with Crippen LogP contribution in [0.5, 0.6) is 0 Å². The first-order valence-electron chi connectivity index (χ1n) is 8.42. The average Bonchev–Trinajstić information content (AvgIpc) is 2.97. The molecule has 0 saturated carbocycles. The van der Waals surface area contributed by atoms with Gasteiger partial charge >= 0.3 is 0 Å². The number of amides is 1. The summed E-state index contributed by atoms with van der Waals surface area (Å²) >= 11 is 0. The molecule has 9 heteroatoms. The van der Waals surface area contributed by atoms with Gasteiger partial charge in [0.1, 0.15) is 5.76 Å². The molecule has 142 valence electrons. The molecule has 1 aromatic rings. The normalized spacial score (nSPS) is 17.6. The number of aliphatic hydroxyl groups excluding tert-OH is 1. The van der Waals surface area contributed by atoms with Crippen LogP contribution in [0.3, 0.4) is 0 Å². The van der Waals surface area contributed by atoms with Gasteiger partial charge in [-0.1, -0.05) is 6.42 Å². The van der Waals surface area contributed by atoms with Crippen molar-refractivity contribution in [2.24, 2.45) is 0 Å². The Morgan fingerprint density at radius 2 is 2.00 bits per heavy atom. The molecule has 0 spiro atoms. The van der Waals surface area contributed by atoms with Gasteiger partial charge in [-0.15, -0.1) is 0 Å². The Morgan fingerprint density at radius 1 is 1.36 bits per heavy atom. The molecule has 2 N–H and O–H groups in total. The van der Waals surface area contributed by atoms with E-state index < -0.39 is 22.0 Å². The van der Waals surface area contributed by atoms with Gasteiger partial charge < -0.3 is 19.7 Å². The van der Waals surface area contributed by atoms with Gasteiger partial charge in [-0.3, -0.25) is 4.79 Å². The second-order valence-electron chi connectivity index (χ2n) is 6.54. The minimum atomic E-state index is -3.74. The van der Waals surface area contributed by atoms with Crippen LogP contribution in [0.4, 0.5) is 0 Å². The number of rotatable bonds is 7. The SMILES string of the molecule is Cc1oc(S(=O)(=O)N(C)C)cc1C(=O)NC(CO)CN1CCCCC1. The molecule has 25 heavy (non-hydrogen) atoms. The zero-order valence-electron chi connectivity index (χ0n) is 15.0. The largest absolute Gasteiger partial charge is 0.448 e. The molecule has 1 aliphatic rings. The van der Waals surface area contributed by atoms with Crippen LogP contribution in [-0.2, 0) is 10.0 Å². The van der Waals surface area contributed by atoms with Crippen molar-refractivity contribution in [3.05, 3.63) is 17.4 Å². The number of hydrogen-bond acceptors (Lipinski definition) is 6. The third-order valence-electron chi connectivity index (χ3n) is 4.36. The number of carbonyl (C=O) groups is 1. The number of nitrogens with zero attached hydrogens (tertiary/aromatic N) is 2. The summed E-state index contributed by atoms with van der Waals surface area (Å²) < 4.78 is 30.5. The summed E-state index contributed by atoms with van der Waals surface area (Å²) in [6, 6.07) is 0.823. The summed E-state index contributed by atoms with van der Waals surface area (Å²) in [6.07, 6.45) is 3.46. The molecule has 1 fully saturated rings. The number of sulfonamides is 1. The lowest BCUT2D eigenvalue weighted by atomic mass is 10.1. The van der Waals surface area contributed by atoms with E-state index in [4.69, 9.17) is 4.42 Å². The van der Waals surface area contributed by atoms with Crippen LogP contribution in [-0.4, -0.2) is 75.0 Å². The molecule has 1 saturated heterocycles. The van der Waals surface area contributed by atoms with Crippen LogP contribution < -0.4 is 5.32 Å². The second kappa shape index (κ2) is 8.31. The van der Waals surface area contributed by atoms with E-state index in [9.17, 15) is 18.3 Å². The van der Waals surface area contributed by atoms with Crippen LogP contribution in [0.2, 0.25) is 0 Å². The van der Waals surface area contributed by atoms with Crippen molar-refractivity contribution < 1.29 is 22.7 Å². The van der Waals surface area contributed by atoms with Gasteiger partial charge in [0.25, 0.3) is 15.9 Å². The van der Waals surface area contributed by atoms with Crippen LogP contribution in [0, 0.1) is 6.92 Å². The molecule has 2 rings (SSSR count). The first-order valence-corrected chi connectivity index (χ1v) is 9.86. The summed E-state index contributed by atoms with van der Waals surface area (Å²) in [5.74, 6) is -0.217. The fourth-order valence-electron chi connectivity index (χ4n) is 2.85. The highest BCUT2D eigenvalue weighted by molar-refractivity contribution is 7.88. The van der Waals surface area contributed by atoms with E-state index in [0.29, 0.717) is 6.54 Å². The summed E-state index contributed by atoms with van der Waals surface area (Å²) in [4.78, 5) is 14.7. The monoisotopic (exact) mass is 373 g/mol. The van der Waals surface area contributed by atoms with Gasteiger partial charge in [-0.2, -0.15) is 0 Å². The fraction of sp³-hybridized carbons (Fsp3) is 0.688. The molecule has 1 aliphatic heterocycles. The fourth-order valence-corrected chi connectivity index (χ4v) is 3.71. The smallest absolute Gasteiger partial charge is 0.275 e. The summed E-state index contributed by atoms with van der Waals surface area (Å²) in [6.45, 7) is 3.86. The first-order chi connectivity index (χ1) is 11.8. The minimum Gasteiger partial charge on any atom is -0.448 e. The number of carbonyl (C=O) groups excluding carboxylic acids is 1. The van der Waals surface area contributed by atoms with Gasteiger partial charge in [0.15, 0.2) is 0 Å². The predicted octanol–water partition coefficient (Wildman–Crippen LogP) is 0.415. The van der Waals surface area contributed by atoms with E-state index in [1.165, 1.54) is 26.6 Å². The highest BCUT2D eigenvalue weighted by Crippen LogP contribution is 2.21. The van der Waals surface area contributed by atoms with Gasteiger partial charge in [-0.25, -0.2) is 12.7 Å². The van der Waals surface area contributed by atoms with Gasteiger partial charge in [0.05, 0.1) is 18.2 Å². The van der Waals surface area contributed by atoms with Crippen molar-refractivity contribution in [1.29, 1.82) is 0 Å². The summed E-state index contributed by atoms with van der Waals surface area (Å²) in [5, 5.41) is 12.1. The number of nitrogens with one attached hydrogen (secondary N) is 1. The predicted molar refractivity (Wildman–Crippen MR) is 92.9 cm³/mol. The average molecular weight is 373 g/mol. The molecular formula is C16H27N3O5S. The Labute approximate surface area is 148 Å². The van der Waals surface area contributed by atoms with Crippen molar-refractivity contribution in [2.75, 3.05) is 40.3 Å². The number of likely N-dealkylation sites (tertiary alicyclic amines) is 1. The lowest BCUT2D eigenvalue weighted by Crippen LogP contribution is -2.47. The van der Waals surface area contributed by atoms with Crippen LogP contribution in [0.25, 0.3) is 0 Å².